The predicted molar refractivity (Wildman–Crippen MR) is 104 cm³/mol. The second-order valence-corrected chi connectivity index (χ2v) is 7.83. The second-order valence-electron chi connectivity index (χ2n) is 7.83. The lowest BCUT2D eigenvalue weighted by molar-refractivity contribution is -0.152. The summed E-state index contributed by atoms with van der Waals surface area (Å²) in [6.07, 6.45) is 1.27. The smallest absolute Gasteiger partial charge is 0.331 e. The van der Waals surface area contributed by atoms with Crippen molar-refractivity contribution in [2.45, 2.75) is 70.8 Å². The van der Waals surface area contributed by atoms with Crippen LogP contribution in [-0.2, 0) is 19.1 Å². The van der Waals surface area contributed by atoms with Crippen molar-refractivity contribution in [3.8, 4) is 0 Å². The Balaban J connectivity index is 2.25. The van der Waals surface area contributed by atoms with E-state index in [1.165, 1.54) is 7.11 Å². The molecule has 0 saturated carbocycles. The van der Waals surface area contributed by atoms with Crippen LogP contribution in [0, 0.1) is 0 Å². The Bertz CT molecular complexity index is 661. The van der Waals surface area contributed by atoms with Crippen LogP contribution in [0.2, 0.25) is 0 Å². The van der Waals surface area contributed by atoms with Crippen molar-refractivity contribution in [1.29, 1.82) is 0 Å². The van der Waals surface area contributed by atoms with E-state index < -0.39 is 23.3 Å². The van der Waals surface area contributed by atoms with E-state index in [2.05, 4.69) is 10.2 Å². The minimum absolute atomic E-state index is 0.0301. The van der Waals surface area contributed by atoms with E-state index in [9.17, 15) is 9.59 Å². The third kappa shape index (κ3) is 4.50. The lowest BCUT2D eigenvalue weighted by atomic mass is 9.95. The van der Waals surface area contributed by atoms with Crippen molar-refractivity contribution in [2.75, 3.05) is 13.7 Å². The minimum Gasteiger partial charge on any atom is -0.467 e. The standard InChI is InChI=1S/C21H32N2O4/c1-7-13-21(5,19(25)26-6)22-18(24)15(2)23-17(14-27-20(23,3)4)16-11-9-8-10-12-16/h8-12,15,17H,7,13-14H2,1-6H3,(H,22,24)/t15-,17+,21+/m1/s1. The Hall–Kier alpha value is -1.92. The average Bonchev–Trinajstić information content (AvgIpc) is 2.96. The van der Waals surface area contributed by atoms with Gasteiger partial charge in [-0.05, 0) is 39.7 Å². The van der Waals surface area contributed by atoms with Gasteiger partial charge in [-0.2, -0.15) is 0 Å². The summed E-state index contributed by atoms with van der Waals surface area (Å²) in [5.41, 5.74) is -0.530. The fourth-order valence-electron chi connectivity index (χ4n) is 3.92. The largest absolute Gasteiger partial charge is 0.467 e. The van der Waals surface area contributed by atoms with Gasteiger partial charge in [-0.15, -0.1) is 0 Å². The fourth-order valence-corrected chi connectivity index (χ4v) is 3.92. The Morgan fingerprint density at radius 2 is 2.00 bits per heavy atom. The van der Waals surface area contributed by atoms with E-state index in [4.69, 9.17) is 9.47 Å². The fraction of sp³-hybridized carbons (Fsp3) is 0.619. The zero-order valence-electron chi connectivity index (χ0n) is 17.2. The van der Waals surface area contributed by atoms with Gasteiger partial charge in [-0.3, -0.25) is 9.69 Å². The molecule has 6 nitrogen and oxygen atoms in total. The van der Waals surface area contributed by atoms with Crippen LogP contribution in [0.5, 0.6) is 0 Å². The maximum Gasteiger partial charge on any atom is 0.331 e. The van der Waals surface area contributed by atoms with E-state index >= 15 is 0 Å². The van der Waals surface area contributed by atoms with Crippen LogP contribution in [0.1, 0.15) is 59.1 Å². The third-order valence-corrected chi connectivity index (χ3v) is 5.32. The van der Waals surface area contributed by atoms with Crippen LogP contribution in [0.15, 0.2) is 30.3 Å². The van der Waals surface area contributed by atoms with Gasteiger partial charge < -0.3 is 14.8 Å². The molecule has 3 atom stereocenters. The normalized spacial score (nSPS) is 22.7. The Kier molecular flexibility index (Phi) is 6.65. The molecule has 6 heteroatoms. The zero-order valence-corrected chi connectivity index (χ0v) is 17.2. The van der Waals surface area contributed by atoms with E-state index in [-0.39, 0.29) is 11.9 Å². The second kappa shape index (κ2) is 8.40. The van der Waals surface area contributed by atoms with Crippen molar-refractivity contribution < 1.29 is 19.1 Å². The minimum atomic E-state index is -1.04. The molecule has 1 aliphatic heterocycles. The SMILES string of the molecule is CCC[C@](C)(NC(=O)[C@@H](C)N1[C@H](c2ccccc2)COC1(C)C)C(=O)OC. The number of carbonyl (C=O) groups excluding carboxylic acids is 2. The maximum absolute atomic E-state index is 13.1. The summed E-state index contributed by atoms with van der Waals surface area (Å²) in [5, 5.41) is 2.92. The number of carbonyl (C=O) groups is 2. The van der Waals surface area contributed by atoms with Gasteiger partial charge in [-0.25, -0.2) is 4.79 Å². The molecule has 0 aromatic heterocycles. The zero-order chi connectivity index (χ0) is 20.2. The van der Waals surface area contributed by atoms with E-state index in [0.29, 0.717) is 13.0 Å². The van der Waals surface area contributed by atoms with Crippen molar-refractivity contribution >= 4 is 11.9 Å². The molecule has 2 rings (SSSR count). The molecule has 0 radical (unpaired) electrons. The molecular weight excluding hydrogens is 344 g/mol. The quantitative estimate of drug-likeness (QED) is 0.741. The molecule has 1 aromatic rings. The lowest BCUT2D eigenvalue weighted by Crippen LogP contribution is -2.59. The summed E-state index contributed by atoms with van der Waals surface area (Å²) in [4.78, 5) is 27.4. The molecule has 150 valence electrons. The molecule has 1 N–H and O–H groups in total. The van der Waals surface area contributed by atoms with E-state index in [1.54, 1.807) is 6.92 Å². The molecular formula is C21H32N2O4. The number of methoxy groups -OCH3 is 1. The van der Waals surface area contributed by atoms with Crippen LogP contribution in [0.25, 0.3) is 0 Å². The molecule has 0 aliphatic carbocycles. The summed E-state index contributed by atoms with van der Waals surface area (Å²) in [6.45, 7) is 9.98. The van der Waals surface area contributed by atoms with Crippen molar-refractivity contribution in [1.82, 2.24) is 10.2 Å². The van der Waals surface area contributed by atoms with Gasteiger partial charge in [0.2, 0.25) is 5.91 Å². The predicted octanol–water partition coefficient (Wildman–Crippen LogP) is 3.03. The molecule has 1 fully saturated rings. The first-order valence-corrected chi connectivity index (χ1v) is 9.54. The van der Waals surface area contributed by atoms with Crippen LogP contribution in [0.4, 0.5) is 0 Å². The van der Waals surface area contributed by atoms with E-state index in [0.717, 1.165) is 12.0 Å². The number of hydrogen-bond acceptors (Lipinski definition) is 5. The molecule has 1 heterocycles. The Labute approximate surface area is 162 Å². The highest BCUT2D eigenvalue weighted by Gasteiger charge is 2.47. The van der Waals surface area contributed by atoms with Gasteiger partial charge >= 0.3 is 5.97 Å². The molecule has 0 spiro atoms. The summed E-state index contributed by atoms with van der Waals surface area (Å²) >= 11 is 0. The van der Waals surface area contributed by atoms with E-state index in [1.807, 2.05) is 58.0 Å². The average molecular weight is 376 g/mol. The van der Waals surface area contributed by atoms with Gasteiger partial charge in [0.1, 0.15) is 11.3 Å². The first-order valence-electron chi connectivity index (χ1n) is 9.54. The van der Waals surface area contributed by atoms with Gasteiger partial charge in [0.25, 0.3) is 0 Å². The molecule has 1 aromatic carbocycles. The number of nitrogens with zero attached hydrogens (tertiary/aromatic N) is 1. The van der Waals surface area contributed by atoms with Crippen LogP contribution >= 0.6 is 0 Å². The maximum atomic E-state index is 13.1. The topological polar surface area (TPSA) is 67.9 Å². The van der Waals surface area contributed by atoms with Crippen LogP contribution in [-0.4, -0.2) is 47.8 Å². The van der Waals surface area contributed by atoms with Crippen LogP contribution < -0.4 is 5.32 Å². The number of hydrogen-bond donors (Lipinski definition) is 1. The van der Waals surface area contributed by atoms with Crippen LogP contribution in [0.3, 0.4) is 0 Å². The molecule has 1 amide bonds. The summed E-state index contributed by atoms with van der Waals surface area (Å²) in [6, 6.07) is 9.52. The first-order chi connectivity index (χ1) is 12.7. The summed E-state index contributed by atoms with van der Waals surface area (Å²) < 4.78 is 10.9. The van der Waals surface area contributed by atoms with Gasteiger partial charge in [0.05, 0.1) is 25.8 Å². The Morgan fingerprint density at radius 3 is 2.56 bits per heavy atom. The van der Waals surface area contributed by atoms with Gasteiger partial charge in [-0.1, -0.05) is 43.7 Å². The van der Waals surface area contributed by atoms with Crippen molar-refractivity contribution in [3.63, 3.8) is 0 Å². The molecule has 1 aliphatic rings. The number of esters is 1. The molecule has 1 saturated heterocycles. The van der Waals surface area contributed by atoms with Crippen molar-refractivity contribution in [3.05, 3.63) is 35.9 Å². The number of ether oxygens (including phenoxy) is 2. The number of nitrogens with one attached hydrogen (secondary N) is 1. The van der Waals surface area contributed by atoms with Gasteiger partial charge in [0.15, 0.2) is 0 Å². The monoisotopic (exact) mass is 376 g/mol. The number of benzene rings is 1. The summed E-state index contributed by atoms with van der Waals surface area (Å²) in [5.74, 6) is -0.641. The Morgan fingerprint density at radius 1 is 1.37 bits per heavy atom. The molecule has 0 unspecified atom stereocenters. The highest BCUT2D eigenvalue weighted by Crippen LogP contribution is 2.38. The number of amides is 1. The van der Waals surface area contributed by atoms with Gasteiger partial charge in [0, 0.05) is 0 Å². The molecule has 27 heavy (non-hydrogen) atoms. The molecule has 0 bridgehead atoms. The highest BCUT2D eigenvalue weighted by atomic mass is 16.5. The lowest BCUT2D eigenvalue weighted by Gasteiger charge is -2.39. The third-order valence-electron chi connectivity index (χ3n) is 5.32. The highest BCUT2D eigenvalue weighted by molar-refractivity contribution is 5.90. The first kappa shape index (κ1) is 21.4. The van der Waals surface area contributed by atoms with Crippen molar-refractivity contribution in [2.24, 2.45) is 0 Å². The number of rotatable bonds is 7. The summed E-state index contributed by atoms with van der Waals surface area (Å²) in [7, 11) is 1.34.